The average molecular weight is 304 g/mol. The van der Waals surface area contributed by atoms with E-state index in [-0.39, 0.29) is 5.69 Å². The number of allylic oxidation sites excluding steroid dienone is 2. The fourth-order valence-electron chi connectivity index (χ4n) is 2.23. The van der Waals surface area contributed by atoms with E-state index in [0.717, 1.165) is 36.3 Å². The lowest BCUT2D eigenvalue weighted by atomic mass is 10.0. The molecule has 0 spiro atoms. The number of nitrogens with zero attached hydrogens (tertiary/aromatic N) is 1. The highest BCUT2D eigenvalue weighted by atomic mass is 35.5. The monoisotopic (exact) mass is 303 g/mol. The number of anilines is 1. The van der Waals surface area contributed by atoms with Crippen molar-refractivity contribution < 1.29 is 18.0 Å². The molecular weight excluding hydrogens is 291 g/mol. The summed E-state index contributed by atoms with van der Waals surface area (Å²) in [5, 5.41) is -0.794. The van der Waals surface area contributed by atoms with Crippen LogP contribution in [0.4, 0.5) is 23.7 Å². The molecule has 108 valence electrons. The Labute approximate surface area is 119 Å². The van der Waals surface area contributed by atoms with Crippen molar-refractivity contribution in [2.45, 2.75) is 31.9 Å². The van der Waals surface area contributed by atoms with E-state index in [1.54, 1.807) is 0 Å². The third-order valence-electron chi connectivity index (χ3n) is 3.16. The van der Waals surface area contributed by atoms with Crippen LogP contribution in [0.1, 0.15) is 31.2 Å². The fraction of sp³-hybridized carbons (Fsp3) is 0.357. The van der Waals surface area contributed by atoms with Crippen LogP contribution in [0.15, 0.2) is 36.0 Å². The van der Waals surface area contributed by atoms with Gasteiger partial charge in [-0.2, -0.15) is 13.2 Å². The summed E-state index contributed by atoms with van der Waals surface area (Å²) in [4.78, 5) is 12.7. The van der Waals surface area contributed by atoms with Crippen molar-refractivity contribution in [2.24, 2.45) is 0 Å². The average Bonchev–Trinajstić information content (AvgIpc) is 2.39. The highest BCUT2D eigenvalue weighted by Crippen LogP contribution is 2.34. The van der Waals surface area contributed by atoms with E-state index in [9.17, 15) is 18.0 Å². The number of alkyl halides is 3. The van der Waals surface area contributed by atoms with Crippen LogP contribution < -0.4 is 4.90 Å². The van der Waals surface area contributed by atoms with Crippen LogP contribution in [0.25, 0.3) is 0 Å². The van der Waals surface area contributed by atoms with E-state index in [0.29, 0.717) is 12.1 Å². The van der Waals surface area contributed by atoms with Crippen molar-refractivity contribution in [1.82, 2.24) is 0 Å². The van der Waals surface area contributed by atoms with Crippen LogP contribution in [0.2, 0.25) is 0 Å². The summed E-state index contributed by atoms with van der Waals surface area (Å²) < 4.78 is 38.2. The molecule has 0 aromatic heterocycles. The van der Waals surface area contributed by atoms with E-state index in [4.69, 9.17) is 11.6 Å². The van der Waals surface area contributed by atoms with Crippen molar-refractivity contribution in [3.05, 3.63) is 41.6 Å². The molecule has 0 unspecified atom stereocenters. The van der Waals surface area contributed by atoms with E-state index in [1.165, 1.54) is 12.1 Å². The van der Waals surface area contributed by atoms with Gasteiger partial charge in [-0.15, -0.1) is 0 Å². The van der Waals surface area contributed by atoms with Gasteiger partial charge in [0.15, 0.2) is 0 Å². The number of hydrogen-bond donors (Lipinski definition) is 0. The third kappa shape index (κ3) is 3.33. The summed E-state index contributed by atoms with van der Waals surface area (Å²) in [5.41, 5.74) is 0.0119. The number of hydrogen-bond acceptors (Lipinski definition) is 1. The van der Waals surface area contributed by atoms with Gasteiger partial charge in [0.1, 0.15) is 0 Å². The summed E-state index contributed by atoms with van der Waals surface area (Å²) in [6.45, 7) is 0. The van der Waals surface area contributed by atoms with Gasteiger partial charge in [-0.3, -0.25) is 9.69 Å². The number of benzene rings is 1. The molecule has 1 aliphatic carbocycles. The molecule has 1 aliphatic rings. The van der Waals surface area contributed by atoms with Crippen LogP contribution in [-0.4, -0.2) is 5.37 Å². The lowest BCUT2D eigenvalue weighted by molar-refractivity contribution is -0.137. The minimum absolute atomic E-state index is 0.146. The van der Waals surface area contributed by atoms with Gasteiger partial charge in [0.25, 0.3) is 0 Å². The van der Waals surface area contributed by atoms with Crippen LogP contribution in [0, 0.1) is 0 Å². The Balaban J connectivity index is 2.40. The van der Waals surface area contributed by atoms with Gasteiger partial charge in [-0.05, 0) is 55.5 Å². The van der Waals surface area contributed by atoms with Crippen molar-refractivity contribution in [3.63, 3.8) is 0 Å². The molecule has 0 fully saturated rings. The zero-order valence-corrected chi connectivity index (χ0v) is 11.3. The second-order valence-corrected chi connectivity index (χ2v) is 4.90. The fourth-order valence-corrected chi connectivity index (χ4v) is 2.43. The molecule has 0 atom stereocenters. The zero-order chi connectivity index (χ0) is 14.8. The lowest BCUT2D eigenvalue weighted by Crippen LogP contribution is -2.26. The Morgan fingerprint density at radius 1 is 1.25 bits per heavy atom. The smallest absolute Gasteiger partial charge is 0.272 e. The van der Waals surface area contributed by atoms with E-state index >= 15 is 0 Å². The Bertz CT molecular complexity index is 539. The first-order valence-electron chi connectivity index (χ1n) is 6.25. The summed E-state index contributed by atoms with van der Waals surface area (Å²) in [5.74, 6) is 0. The molecule has 1 aromatic carbocycles. The number of amides is 1. The molecule has 0 saturated carbocycles. The zero-order valence-electron chi connectivity index (χ0n) is 10.6. The number of rotatable bonds is 2. The SMILES string of the molecule is O=C(Cl)N(C1=CCCCC1)c1cccc(C(F)(F)F)c1. The second kappa shape index (κ2) is 5.87. The lowest BCUT2D eigenvalue weighted by Gasteiger charge is -2.26. The molecule has 6 heteroatoms. The molecule has 0 N–H and O–H groups in total. The maximum absolute atomic E-state index is 12.7. The summed E-state index contributed by atoms with van der Waals surface area (Å²) >= 11 is 5.54. The highest BCUT2D eigenvalue weighted by Gasteiger charge is 2.31. The summed E-state index contributed by atoms with van der Waals surface area (Å²) in [6.07, 6.45) is 0.744. The number of carbonyl (C=O) groups is 1. The predicted octanol–water partition coefficient (Wildman–Crippen LogP) is 5.33. The first-order chi connectivity index (χ1) is 9.39. The molecule has 20 heavy (non-hydrogen) atoms. The van der Waals surface area contributed by atoms with Gasteiger partial charge < -0.3 is 0 Å². The molecular formula is C14H13ClF3NO. The molecule has 0 saturated heterocycles. The Morgan fingerprint density at radius 2 is 2.00 bits per heavy atom. The van der Waals surface area contributed by atoms with Gasteiger partial charge in [-0.25, -0.2) is 0 Å². The standard InChI is InChI=1S/C14H13ClF3NO/c15-13(20)19(11-6-2-1-3-7-11)12-8-4-5-10(9-12)14(16,17)18/h4-6,8-9H,1-3,7H2. The predicted molar refractivity (Wildman–Crippen MR) is 71.7 cm³/mol. The molecule has 0 radical (unpaired) electrons. The number of halogens is 4. The third-order valence-corrected chi connectivity index (χ3v) is 3.33. The Kier molecular flexibility index (Phi) is 4.38. The maximum Gasteiger partial charge on any atom is 0.416 e. The van der Waals surface area contributed by atoms with Crippen molar-refractivity contribution in [1.29, 1.82) is 0 Å². The van der Waals surface area contributed by atoms with Crippen LogP contribution >= 0.6 is 11.6 Å². The van der Waals surface area contributed by atoms with Gasteiger partial charge in [0, 0.05) is 5.70 Å². The van der Waals surface area contributed by atoms with Crippen molar-refractivity contribution >= 4 is 22.7 Å². The van der Waals surface area contributed by atoms with Gasteiger partial charge >= 0.3 is 11.5 Å². The molecule has 2 rings (SSSR count). The van der Waals surface area contributed by atoms with Gasteiger partial charge in [0.05, 0.1) is 11.3 Å². The second-order valence-electron chi connectivity index (χ2n) is 4.58. The molecule has 2 nitrogen and oxygen atoms in total. The topological polar surface area (TPSA) is 20.3 Å². The molecule has 0 aliphatic heterocycles. The minimum Gasteiger partial charge on any atom is -0.272 e. The molecule has 1 aromatic rings. The minimum atomic E-state index is -4.45. The summed E-state index contributed by atoms with van der Waals surface area (Å²) in [6, 6.07) is 4.63. The molecule has 0 heterocycles. The van der Waals surface area contributed by atoms with Gasteiger partial charge in [0.2, 0.25) is 0 Å². The quantitative estimate of drug-likeness (QED) is 0.534. The molecule has 0 bridgehead atoms. The maximum atomic E-state index is 12.7. The Morgan fingerprint density at radius 3 is 2.55 bits per heavy atom. The number of carbonyl (C=O) groups excluding carboxylic acids is 1. The van der Waals surface area contributed by atoms with Crippen molar-refractivity contribution in [3.8, 4) is 0 Å². The highest BCUT2D eigenvalue weighted by molar-refractivity contribution is 6.66. The van der Waals surface area contributed by atoms with E-state index in [1.807, 2.05) is 6.08 Å². The van der Waals surface area contributed by atoms with Crippen molar-refractivity contribution in [2.75, 3.05) is 4.90 Å². The van der Waals surface area contributed by atoms with E-state index < -0.39 is 17.1 Å². The van der Waals surface area contributed by atoms with E-state index in [2.05, 4.69) is 0 Å². The summed E-state index contributed by atoms with van der Waals surface area (Å²) in [7, 11) is 0. The first kappa shape index (κ1) is 14.9. The van der Waals surface area contributed by atoms with Crippen LogP contribution in [0.5, 0.6) is 0 Å². The van der Waals surface area contributed by atoms with Gasteiger partial charge in [-0.1, -0.05) is 12.1 Å². The van der Waals surface area contributed by atoms with Crippen LogP contribution in [-0.2, 0) is 6.18 Å². The largest absolute Gasteiger partial charge is 0.416 e. The first-order valence-corrected chi connectivity index (χ1v) is 6.63. The van der Waals surface area contributed by atoms with Crippen LogP contribution in [0.3, 0.4) is 0 Å². The normalized spacial score (nSPS) is 15.7. The molecule has 1 amide bonds. The Hall–Kier alpha value is -1.49.